The monoisotopic (exact) mass is 350 g/mol. The molecule has 128 valence electrons. The normalized spacial score (nSPS) is 12.8. The third-order valence-electron chi connectivity index (χ3n) is 3.61. The van der Waals surface area contributed by atoms with E-state index in [0.717, 1.165) is 0 Å². The molecule has 0 aliphatic rings. The minimum atomic E-state index is -3.75. The zero-order chi connectivity index (χ0) is 17.7. The number of hydrogen-bond donors (Lipinski definition) is 2. The largest absolute Gasteiger partial charge is 0.395 e. The summed E-state index contributed by atoms with van der Waals surface area (Å²) >= 11 is 0. The van der Waals surface area contributed by atoms with Gasteiger partial charge in [0.25, 0.3) is 5.69 Å². The molecule has 0 radical (unpaired) electrons. The number of para-hydroxylation sites is 1. The molecular formula is C16H18N2O5S. The SMILES string of the molecule is CCC(CO)NS(=O)(=O)c1ccc(-c2ccccc2[N+](=O)[O-])cc1. The van der Waals surface area contributed by atoms with Gasteiger partial charge in [0.1, 0.15) is 0 Å². The van der Waals surface area contributed by atoms with Crippen molar-refractivity contribution in [2.24, 2.45) is 0 Å². The van der Waals surface area contributed by atoms with Crippen molar-refractivity contribution in [2.45, 2.75) is 24.3 Å². The predicted octanol–water partition coefficient (Wildman–Crippen LogP) is 2.31. The van der Waals surface area contributed by atoms with Crippen LogP contribution >= 0.6 is 0 Å². The second-order valence-electron chi connectivity index (χ2n) is 5.21. The average molecular weight is 350 g/mol. The van der Waals surface area contributed by atoms with Crippen LogP contribution in [0.25, 0.3) is 11.1 Å². The van der Waals surface area contributed by atoms with E-state index in [2.05, 4.69) is 4.72 Å². The van der Waals surface area contributed by atoms with Crippen LogP contribution in [-0.2, 0) is 10.0 Å². The second-order valence-corrected chi connectivity index (χ2v) is 6.92. The summed E-state index contributed by atoms with van der Waals surface area (Å²) in [6, 6.07) is 11.5. The van der Waals surface area contributed by atoms with Crippen LogP contribution in [-0.4, -0.2) is 31.1 Å². The number of rotatable bonds is 7. The Morgan fingerprint density at radius 3 is 2.33 bits per heavy atom. The molecule has 8 heteroatoms. The molecule has 0 saturated heterocycles. The fourth-order valence-electron chi connectivity index (χ4n) is 2.23. The number of nitrogens with zero attached hydrogens (tertiary/aromatic N) is 1. The van der Waals surface area contributed by atoms with Crippen molar-refractivity contribution < 1.29 is 18.4 Å². The molecule has 7 nitrogen and oxygen atoms in total. The van der Waals surface area contributed by atoms with E-state index in [9.17, 15) is 18.5 Å². The van der Waals surface area contributed by atoms with Gasteiger partial charge in [0.15, 0.2) is 0 Å². The van der Waals surface area contributed by atoms with E-state index in [4.69, 9.17) is 5.11 Å². The van der Waals surface area contributed by atoms with Crippen LogP contribution in [0, 0.1) is 10.1 Å². The quantitative estimate of drug-likeness (QED) is 0.588. The van der Waals surface area contributed by atoms with Crippen molar-refractivity contribution >= 4 is 15.7 Å². The number of aliphatic hydroxyl groups excluding tert-OH is 1. The van der Waals surface area contributed by atoms with E-state index < -0.39 is 21.0 Å². The highest BCUT2D eigenvalue weighted by molar-refractivity contribution is 7.89. The minimum Gasteiger partial charge on any atom is -0.395 e. The summed E-state index contributed by atoms with van der Waals surface area (Å²) in [6.45, 7) is 1.48. The maximum atomic E-state index is 12.3. The van der Waals surface area contributed by atoms with Gasteiger partial charge in [-0.2, -0.15) is 0 Å². The molecule has 2 aromatic carbocycles. The third kappa shape index (κ3) is 3.97. The number of aliphatic hydroxyl groups is 1. The highest BCUT2D eigenvalue weighted by Gasteiger charge is 2.19. The van der Waals surface area contributed by atoms with Gasteiger partial charge in [0, 0.05) is 12.1 Å². The zero-order valence-electron chi connectivity index (χ0n) is 13.0. The smallest absolute Gasteiger partial charge is 0.277 e. The molecule has 0 aliphatic heterocycles. The summed E-state index contributed by atoms with van der Waals surface area (Å²) < 4.78 is 26.9. The fourth-order valence-corrected chi connectivity index (χ4v) is 3.54. The first kappa shape index (κ1) is 18.1. The minimum absolute atomic E-state index is 0.0386. The van der Waals surface area contributed by atoms with Gasteiger partial charge in [-0.1, -0.05) is 31.2 Å². The second kappa shape index (κ2) is 7.52. The molecule has 2 N–H and O–H groups in total. The Morgan fingerprint density at radius 2 is 1.79 bits per heavy atom. The van der Waals surface area contributed by atoms with Gasteiger partial charge in [0.2, 0.25) is 10.0 Å². The Hall–Kier alpha value is -2.29. The predicted molar refractivity (Wildman–Crippen MR) is 90.0 cm³/mol. The van der Waals surface area contributed by atoms with Crippen LogP contribution in [0.3, 0.4) is 0 Å². The molecule has 0 aromatic heterocycles. The fraction of sp³-hybridized carbons (Fsp3) is 0.250. The first-order valence-electron chi connectivity index (χ1n) is 7.36. The molecule has 2 rings (SSSR count). The van der Waals surface area contributed by atoms with Gasteiger partial charge < -0.3 is 5.11 Å². The van der Waals surface area contributed by atoms with Crippen LogP contribution in [0.4, 0.5) is 5.69 Å². The molecule has 0 amide bonds. The Morgan fingerprint density at radius 1 is 1.17 bits per heavy atom. The topological polar surface area (TPSA) is 110 Å². The lowest BCUT2D eigenvalue weighted by molar-refractivity contribution is -0.384. The number of sulfonamides is 1. The molecule has 0 heterocycles. The maximum Gasteiger partial charge on any atom is 0.277 e. The van der Waals surface area contributed by atoms with Gasteiger partial charge in [-0.05, 0) is 30.2 Å². The molecule has 0 fully saturated rings. The first-order valence-corrected chi connectivity index (χ1v) is 8.84. The standard InChI is InChI=1S/C16H18N2O5S/c1-2-13(11-19)17-24(22,23)14-9-7-12(8-10-14)15-5-3-4-6-16(15)18(20)21/h3-10,13,17,19H,2,11H2,1H3. The number of hydrogen-bond acceptors (Lipinski definition) is 5. The molecule has 0 bridgehead atoms. The molecular weight excluding hydrogens is 332 g/mol. The van der Waals surface area contributed by atoms with Crippen molar-refractivity contribution in [3.8, 4) is 11.1 Å². The van der Waals surface area contributed by atoms with E-state index in [1.165, 1.54) is 30.3 Å². The summed E-state index contributed by atoms with van der Waals surface area (Å²) in [4.78, 5) is 10.6. The highest BCUT2D eigenvalue weighted by Crippen LogP contribution is 2.30. The summed E-state index contributed by atoms with van der Waals surface area (Å²) in [5.74, 6) is 0. The molecule has 1 atom stereocenters. The van der Waals surface area contributed by atoms with Crippen LogP contribution in [0.1, 0.15) is 13.3 Å². The lowest BCUT2D eigenvalue weighted by atomic mass is 10.0. The van der Waals surface area contributed by atoms with Crippen LogP contribution in [0.5, 0.6) is 0 Å². The molecule has 0 aliphatic carbocycles. The summed E-state index contributed by atoms with van der Waals surface area (Å²) in [5, 5.41) is 20.2. The van der Waals surface area contributed by atoms with Crippen molar-refractivity contribution in [3.05, 3.63) is 58.6 Å². The molecule has 0 spiro atoms. The van der Waals surface area contributed by atoms with E-state index in [1.807, 2.05) is 0 Å². The average Bonchev–Trinajstić information content (AvgIpc) is 2.59. The van der Waals surface area contributed by atoms with Crippen LogP contribution < -0.4 is 4.72 Å². The lowest BCUT2D eigenvalue weighted by Gasteiger charge is -2.14. The Labute approximate surface area is 140 Å². The number of nitrogens with one attached hydrogen (secondary N) is 1. The van der Waals surface area contributed by atoms with Gasteiger partial charge >= 0.3 is 0 Å². The number of nitro groups is 1. The van der Waals surface area contributed by atoms with Gasteiger partial charge in [-0.15, -0.1) is 0 Å². The molecule has 24 heavy (non-hydrogen) atoms. The van der Waals surface area contributed by atoms with E-state index >= 15 is 0 Å². The zero-order valence-corrected chi connectivity index (χ0v) is 13.9. The number of benzene rings is 2. The lowest BCUT2D eigenvalue weighted by Crippen LogP contribution is -2.36. The van der Waals surface area contributed by atoms with Gasteiger partial charge in [-0.3, -0.25) is 10.1 Å². The number of nitro benzene ring substituents is 1. The van der Waals surface area contributed by atoms with Crippen molar-refractivity contribution in [2.75, 3.05) is 6.61 Å². The maximum absolute atomic E-state index is 12.3. The molecule has 0 saturated carbocycles. The Kier molecular flexibility index (Phi) is 5.66. The Balaban J connectivity index is 2.33. The summed E-state index contributed by atoms with van der Waals surface area (Å²) in [7, 11) is -3.75. The first-order chi connectivity index (χ1) is 11.4. The highest BCUT2D eigenvalue weighted by atomic mass is 32.2. The van der Waals surface area contributed by atoms with Gasteiger partial charge in [-0.25, -0.2) is 13.1 Å². The molecule has 2 aromatic rings. The molecule has 1 unspecified atom stereocenters. The summed E-state index contributed by atoms with van der Waals surface area (Å²) in [6.07, 6.45) is 0.462. The van der Waals surface area contributed by atoms with E-state index in [0.29, 0.717) is 17.5 Å². The van der Waals surface area contributed by atoms with Crippen molar-refractivity contribution in [1.82, 2.24) is 4.72 Å². The van der Waals surface area contributed by atoms with Gasteiger partial charge in [0.05, 0.1) is 22.0 Å². The third-order valence-corrected chi connectivity index (χ3v) is 5.15. The van der Waals surface area contributed by atoms with Crippen molar-refractivity contribution in [3.63, 3.8) is 0 Å². The van der Waals surface area contributed by atoms with Crippen molar-refractivity contribution in [1.29, 1.82) is 0 Å². The summed E-state index contributed by atoms with van der Waals surface area (Å²) in [5.41, 5.74) is 0.925. The van der Waals surface area contributed by atoms with E-state index in [-0.39, 0.29) is 17.2 Å². The Bertz CT molecular complexity index is 815. The van der Waals surface area contributed by atoms with E-state index in [1.54, 1.807) is 25.1 Å². The van der Waals surface area contributed by atoms with Crippen LogP contribution in [0.2, 0.25) is 0 Å². The van der Waals surface area contributed by atoms with Crippen LogP contribution in [0.15, 0.2) is 53.4 Å².